The predicted molar refractivity (Wildman–Crippen MR) is 119 cm³/mol. The van der Waals surface area contributed by atoms with Crippen molar-refractivity contribution in [1.82, 2.24) is 4.98 Å². The fraction of sp³-hybridized carbons (Fsp3) is 0.217. The Morgan fingerprint density at radius 1 is 1.00 bits per heavy atom. The van der Waals surface area contributed by atoms with Crippen molar-refractivity contribution in [2.24, 2.45) is 0 Å². The monoisotopic (exact) mass is 408 g/mol. The lowest BCUT2D eigenvalue weighted by Gasteiger charge is -2.19. The number of benzene rings is 2. The first kappa shape index (κ1) is 21.1. The summed E-state index contributed by atoms with van der Waals surface area (Å²) in [6.45, 7) is 3.61. The Hall–Kier alpha value is -3.61. The van der Waals surface area contributed by atoms with Gasteiger partial charge < -0.3 is 20.3 Å². The number of methoxy groups -OCH3 is 1. The van der Waals surface area contributed by atoms with E-state index in [0.29, 0.717) is 28.5 Å². The highest BCUT2D eigenvalue weighted by Gasteiger charge is 2.16. The number of carbonyl (C=O) groups is 1. The van der Waals surface area contributed by atoms with Crippen LogP contribution in [0.1, 0.15) is 21.6 Å². The van der Waals surface area contributed by atoms with Gasteiger partial charge in [-0.05, 0) is 61.9 Å². The molecule has 2 N–H and O–H groups in total. The summed E-state index contributed by atoms with van der Waals surface area (Å²) in [7, 11) is 5.39. The molecule has 0 aliphatic rings. The molecule has 30 heavy (non-hydrogen) atoms. The van der Waals surface area contributed by atoms with Crippen LogP contribution in [-0.2, 0) is 0 Å². The molecule has 6 nitrogen and oxygen atoms in total. The maximum atomic E-state index is 13.5. The van der Waals surface area contributed by atoms with Crippen LogP contribution in [0.15, 0.2) is 48.5 Å². The summed E-state index contributed by atoms with van der Waals surface area (Å²) in [5.74, 6) is -0.104. The highest BCUT2D eigenvalue weighted by atomic mass is 19.1. The molecular weight excluding hydrogens is 383 g/mol. The maximum absolute atomic E-state index is 13.5. The standard InChI is InChI=1S/C23H25FN4O2/c1-14-12-16(24)6-9-19(14)26-21-13-17(28(3)4)7-8-18(21)23(29)27-20-10-11-22(30-5)25-15(20)2/h6-13,26H,1-5H3,(H,27,29). The van der Waals surface area contributed by atoms with Crippen LogP contribution in [0.5, 0.6) is 5.88 Å². The Kier molecular flexibility index (Phi) is 6.20. The number of anilines is 4. The van der Waals surface area contributed by atoms with Gasteiger partial charge in [0.05, 0.1) is 29.7 Å². The van der Waals surface area contributed by atoms with Crippen LogP contribution in [-0.4, -0.2) is 32.1 Å². The van der Waals surface area contributed by atoms with Gasteiger partial charge in [-0.1, -0.05) is 0 Å². The highest BCUT2D eigenvalue weighted by Crippen LogP contribution is 2.29. The number of pyridine rings is 1. The summed E-state index contributed by atoms with van der Waals surface area (Å²) in [5.41, 5.74) is 4.72. The summed E-state index contributed by atoms with van der Waals surface area (Å²) < 4.78 is 18.6. The summed E-state index contributed by atoms with van der Waals surface area (Å²) in [5, 5.41) is 6.18. The van der Waals surface area contributed by atoms with Crippen molar-refractivity contribution in [2.45, 2.75) is 13.8 Å². The summed E-state index contributed by atoms with van der Waals surface area (Å²) >= 11 is 0. The molecule has 0 spiro atoms. The Balaban J connectivity index is 1.95. The summed E-state index contributed by atoms with van der Waals surface area (Å²) in [6.07, 6.45) is 0. The number of halogens is 1. The number of carbonyl (C=O) groups excluding carboxylic acids is 1. The Morgan fingerprint density at radius 3 is 2.37 bits per heavy atom. The largest absolute Gasteiger partial charge is 0.481 e. The molecule has 3 aromatic rings. The van der Waals surface area contributed by atoms with E-state index in [1.807, 2.05) is 38.1 Å². The van der Waals surface area contributed by atoms with E-state index in [-0.39, 0.29) is 11.7 Å². The topological polar surface area (TPSA) is 66.5 Å². The second-order valence-electron chi connectivity index (χ2n) is 7.15. The number of aryl methyl sites for hydroxylation is 2. The van der Waals surface area contributed by atoms with E-state index in [4.69, 9.17) is 4.74 Å². The zero-order valence-electron chi connectivity index (χ0n) is 17.7. The third-order valence-electron chi connectivity index (χ3n) is 4.74. The first-order valence-electron chi connectivity index (χ1n) is 9.46. The molecule has 0 bridgehead atoms. The van der Waals surface area contributed by atoms with E-state index in [1.54, 1.807) is 38.3 Å². The van der Waals surface area contributed by atoms with Gasteiger partial charge in [0.25, 0.3) is 5.91 Å². The molecule has 1 heterocycles. The van der Waals surface area contributed by atoms with Crippen molar-refractivity contribution in [3.8, 4) is 5.88 Å². The molecular formula is C23H25FN4O2. The van der Waals surface area contributed by atoms with Gasteiger partial charge in [0.2, 0.25) is 5.88 Å². The van der Waals surface area contributed by atoms with Crippen molar-refractivity contribution in [2.75, 3.05) is 36.7 Å². The van der Waals surface area contributed by atoms with E-state index >= 15 is 0 Å². The van der Waals surface area contributed by atoms with Gasteiger partial charge in [0.15, 0.2) is 0 Å². The fourth-order valence-corrected chi connectivity index (χ4v) is 3.00. The molecule has 0 aliphatic heterocycles. The third kappa shape index (κ3) is 4.68. The number of hydrogen-bond donors (Lipinski definition) is 2. The minimum Gasteiger partial charge on any atom is -0.481 e. The number of nitrogens with zero attached hydrogens (tertiary/aromatic N) is 2. The molecule has 0 radical (unpaired) electrons. The second-order valence-corrected chi connectivity index (χ2v) is 7.15. The third-order valence-corrected chi connectivity index (χ3v) is 4.74. The van der Waals surface area contributed by atoms with Crippen LogP contribution in [0.2, 0.25) is 0 Å². The van der Waals surface area contributed by atoms with E-state index in [1.165, 1.54) is 12.1 Å². The van der Waals surface area contributed by atoms with Gasteiger partial charge in [0.1, 0.15) is 5.82 Å². The van der Waals surface area contributed by atoms with Crippen molar-refractivity contribution >= 4 is 28.7 Å². The summed E-state index contributed by atoms with van der Waals surface area (Å²) in [6, 6.07) is 13.5. The SMILES string of the molecule is COc1ccc(NC(=O)c2ccc(N(C)C)cc2Nc2ccc(F)cc2C)c(C)n1. The van der Waals surface area contributed by atoms with Crippen LogP contribution in [0.25, 0.3) is 0 Å². The maximum Gasteiger partial charge on any atom is 0.257 e. The van der Waals surface area contributed by atoms with E-state index < -0.39 is 0 Å². The first-order valence-corrected chi connectivity index (χ1v) is 9.46. The minimum absolute atomic E-state index is 0.280. The second kappa shape index (κ2) is 8.82. The van der Waals surface area contributed by atoms with Crippen molar-refractivity contribution in [1.29, 1.82) is 0 Å². The molecule has 1 aromatic heterocycles. The highest BCUT2D eigenvalue weighted by molar-refractivity contribution is 6.09. The average Bonchev–Trinajstić information content (AvgIpc) is 2.71. The number of rotatable bonds is 6. The molecule has 0 atom stereocenters. The first-order chi connectivity index (χ1) is 14.3. The Morgan fingerprint density at radius 2 is 1.73 bits per heavy atom. The molecule has 1 amide bonds. The number of amides is 1. The molecule has 156 valence electrons. The lowest BCUT2D eigenvalue weighted by molar-refractivity contribution is 0.102. The van der Waals surface area contributed by atoms with Crippen molar-refractivity contribution in [3.63, 3.8) is 0 Å². The number of ether oxygens (including phenoxy) is 1. The zero-order chi connectivity index (χ0) is 21.8. The molecule has 7 heteroatoms. The predicted octanol–water partition coefficient (Wildman–Crippen LogP) is 4.91. The van der Waals surface area contributed by atoms with Crippen molar-refractivity contribution < 1.29 is 13.9 Å². The fourth-order valence-electron chi connectivity index (χ4n) is 3.00. The van der Waals surface area contributed by atoms with E-state index in [0.717, 1.165) is 16.9 Å². The van der Waals surface area contributed by atoms with Crippen LogP contribution < -0.4 is 20.3 Å². The lowest BCUT2D eigenvalue weighted by Crippen LogP contribution is -2.16. The summed E-state index contributed by atoms with van der Waals surface area (Å²) in [4.78, 5) is 19.3. The van der Waals surface area contributed by atoms with Crippen LogP contribution in [0.3, 0.4) is 0 Å². The smallest absolute Gasteiger partial charge is 0.257 e. The Labute approximate surface area is 175 Å². The molecule has 0 unspecified atom stereocenters. The molecule has 0 aliphatic carbocycles. The van der Waals surface area contributed by atoms with Gasteiger partial charge in [-0.2, -0.15) is 0 Å². The minimum atomic E-state index is -0.305. The molecule has 0 saturated heterocycles. The molecule has 2 aromatic carbocycles. The molecule has 3 rings (SSSR count). The van der Waals surface area contributed by atoms with Crippen LogP contribution >= 0.6 is 0 Å². The average molecular weight is 408 g/mol. The zero-order valence-corrected chi connectivity index (χ0v) is 17.7. The van der Waals surface area contributed by atoms with Gasteiger partial charge in [-0.15, -0.1) is 0 Å². The van der Waals surface area contributed by atoms with Crippen LogP contribution in [0.4, 0.5) is 27.1 Å². The molecule has 0 saturated carbocycles. The van der Waals surface area contributed by atoms with Gasteiger partial charge >= 0.3 is 0 Å². The van der Waals surface area contributed by atoms with Gasteiger partial charge in [-0.3, -0.25) is 4.79 Å². The molecule has 0 fully saturated rings. The van der Waals surface area contributed by atoms with Gasteiger partial charge in [0, 0.05) is 31.5 Å². The number of nitrogens with one attached hydrogen (secondary N) is 2. The Bertz CT molecular complexity index is 1080. The van der Waals surface area contributed by atoms with Crippen molar-refractivity contribution in [3.05, 3.63) is 71.2 Å². The van der Waals surface area contributed by atoms with E-state index in [2.05, 4.69) is 15.6 Å². The number of hydrogen-bond acceptors (Lipinski definition) is 5. The number of aromatic nitrogens is 1. The van der Waals surface area contributed by atoms with E-state index in [9.17, 15) is 9.18 Å². The quantitative estimate of drug-likeness (QED) is 0.607. The van der Waals surface area contributed by atoms with Gasteiger partial charge in [-0.25, -0.2) is 9.37 Å². The lowest BCUT2D eigenvalue weighted by atomic mass is 10.1. The normalized spacial score (nSPS) is 10.5. The van der Waals surface area contributed by atoms with Crippen LogP contribution in [0, 0.1) is 19.7 Å².